The number of nitrogen functional groups attached to an aromatic ring is 1. The Bertz CT molecular complexity index is 658. The predicted molar refractivity (Wildman–Crippen MR) is 72.2 cm³/mol. The molecule has 1 aromatic carbocycles. The van der Waals surface area contributed by atoms with E-state index in [1.807, 2.05) is 18.2 Å². The highest BCUT2D eigenvalue weighted by Gasteiger charge is 2.14. The quantitative estimate of drug-likeness (QED) is 0.652. The third-order valence-corrected chi connectivity index (χ3v) is 2.86. The maximum atomic E-state index is 7.46. The third-order valence-electron chi connectivity index (χ3n) is 2.86. The monoisotopic (exact) mass is 271 g/mol. The van der Waals surface area contributed by atoms with Crippen LogP contribution in [-0.4, -0.2) is 17.6 Å². The fourth-order valence-electron chi connectivity index (χ4n) is 1.90. The topological polar surface area (TPSA) is 90.5 Å². The fraction of sp³-hybridized carbons (Fsp3) is 0.143. The summed E-state index contributed by atoms with van der Waals surface area (Å²) in [5.74, 6) is 1.81. The van der Waals surface area contributed by atoms with E-state index in [4.69, 9.17) is 25.4 Å². The van der Waals surface area contributed by atoms with Crippen molar-refractivity contribution in [3.05, 3.63) is 47.8 Å². The summed E-state index contributed by atoms with van der Waals surface area (Å²) in [4.78, 5) is 4.03. The normalized spacial score (nSPS) is 12.2. The Labute approximate surface area is 115 Å². The summed E-state index contributed by atoms with van der Waals surface area (Å²) in [5.41, 5.74) is 6.74. The van der Waals surface area contributed by atoms with Gasteiger partial charge in [-0.05, 0) is 29.8 Å². The first kappa shape index (κ1) is 12.3. The molecule has 6 nitrogen and oxygen atoms in total. The highest BCUT2D eigenvalue weighted by molar-refractivity contribution is 5.95. The molecule has 102 valence electrons. The maximum absolute atomic E-state index is 7.46. The predicted octanol–water partition coefficient (Wildman–Crippen LogP) is 1.67. The number of pyridine rings is 1. The molecule has 2 aromatic rings. The zero-order valence-corrected chi connectivity index (χ0v) is 10.6. The summed E-state index contributed by atoms with van der Waals surface area (Å²) < 4.78 is 16.2. The second-order valence-corrected chi connectivity index (χ2v) is 4.24. The molecule has 0 atom stereocenters. The summed E-state index contributed by atoms with van der Waals surface area (Å²) >= 11 is 0. The molecule has 0 radical (unpaired) electrons. The van der Waals surface area contributed by atoms with Crippen molar-refractivity contribution in [2.24, 2.45) is 5.73 Å². The number of hydrogen-bond acceptors (Lipinski definition) is 5. The van der Waals surface area contributed by atoms with Crippen LogP contribution in [0, 0.1) is 5.41 Å². The SMILES string of the molecule is N=C(N)c1ncccc1OCc1ccc2c(c1)OCO2. The van der Waals surface area contributed by atoms with Crippen LogP contribution in [0.3, 0.4) is 0 Å². The van der Waals surface area contributed by atoms with Crippen molar-refractivity contribution in [1.82, 2.24) is 4.98 Å². The molecule has 20 heavy (non-hydrogen) atoms. The van der Waals surface area contributed by atoms with Crippen molar-refractivity contribution >= 4 is 5.84 Å². The van der Waals surface area contributed by atoms with Gasteiger partial charge in [0.05, 0.1) is 0 Å². The van der Waals surface area contributed by atoms with Crippen LogP contribution in [0.5, 0.6) is 17.2 Å². The summed E-state index contributed by atoms with van der Waals surface area (Å²) in [6.07, 6.45) is 1.57. The molecular weight excluding hydrogens is 258 g/mol. The molecule has 0 saturated heterocycles. The number of fused-ring (bicyclic) bond motifs is 1. The molecule has 0 spiro atoms. The molecule has 0 bridgehead atoms. The minimum Gasteiger partial charge on any atom is -0.486 e. The van der Waals surface area contributed by atoms with E-state index < -0.39 is 0 Å². The van der Waals surface area contributed by atoms with E-state index >= 15 is 0 Å². The summed E-state index contributed by atoms with van der Waals surface area (Å²) in [7, 11) is 0. The number of amidine groups is 1. The molecule has 0 fully saturated rings. The van der Waals surface area contributed by atoms with Gasteiger partial charge in [-0.3, -0.25) is 5.41 Å². The first-order valence-electron chi connectivity index (χ1n) is 6.05. The summed E-state index contributed by atoms with van der Waals surface area (Å²) in [6.45, 7) is 0.583. The van der Waals surface area contributed by atoms with Gasteiger partial charge in [-0.1, -0.05) is 6.07 Å². The van der Waals surface area contributed by atoms with Gasteiger partial charge < -0.3 is 19.9 Å². The summed E-state index contributed by atoms with van der Waals surface area (Å²) in [6, 6.07) is 9.08. The lowest BCUT2D eigenvalue weighted by atomic mass is 10.2. The Morgan fingerprint density at radius 3 is 3.00 bits per heavy atom. The number of hydrogen-bond donors (Lipinski definition) is 2. The van der Waals surface area contributed by atoms with Crippen LogP contribution in [0.4, 0.5) is 0 Å². The molecule has 0 amide bonds. The lowest BCUT2D eigenvalue weighted by Crippen LogP contribution is -2.15. The van der Waals surface area contributed by atoms with Crippen molar-refractivity contribution in [2.75, 3.05) is 6.79 Å². The van der Waals surface area contributed by atoms with E-state index in [2.05, 4.69) is 4.98 Å². The molecule has 6 heteroatoms. The van der Waals surface area contributed by atoms with E-state index in [9.17, 15) is 0 Å². The Morgan fingerprint density at radius 1 is 1.30 bits per heavy atom. The molecule has 2 heterocycles. The van der Waals surface area contributed by atoms with Gasteiger partial charge in [0.25, 0.3) is 0 Å². The van der Waals surface area contributed by atoms with Crippen molar-refractivity contribution < 1.29 is 14.2 Å². The minimum absolute atomic E-state index is 0.119. The van der Waals surface area contributed by atoms with Crippen molar-refractivity contribution in [2.45, 2.75) is 6.61 Å². The van der Waals surface area contributed by atoms with Gasteiger partial charge in [0.2, 0.25) is 6.79 Å². The second kappa shape index (κ2) is 5.08. The highest BCUT2D eigenvalue weighted by Crippen LogP contribution is 2.32. The molecule has 3 N–H and O–H groups in total. The van der Waals surface area contributed by atoms with Crippen LogP contribution in [0.1, 0.15) is 11.3 Å². The van der Waals surface area contributed by atoms with Gasteiger partial charge in [0.1, 0.15) is 23.9 Å². The highest BCUT2D eigenvalue weighted by atomic mass is 16.7. The molecule has 1 aliphatic rings. The molecule has 0 unspecified atom stereocenters. The molecular formula is C14H13N3O3. The molecule has 1 aliphatic heterocycles. The summed E-state index contributed by atoms with van der Waals surface area (Å²) in [5, 5.41) is 7.46. The van der Waals surface area contributed by atoms with Crippen LogP contribution in [0.15, 0.2) is 36.5 Å². The van der Waals surface area contributed by atoms with Crippen LogP contribution in [0.2, 0.25) is 0 Å². The molecule has 3 rings (SSSR count). The Balaban J connectivity index is 1.75. The number of ether oxygens (including phenoxy) is 3. The number of nitrogens with zero attached hydrogens (tertiary/aromatic N) is 1. The third kappa shape index (κ3) is 2.35. The van der Waals surface area contributed by atoms with E-state index in [0.717, 1.165) is 11.3 Å². The second-order valence-electron chi connectivity index (χ2n) is 4.24. The Morgan fingerprint density at radius 2 is 2.15 bits per heavy atom. The van der Waals surface area contributed by atoms with Crippen molar-refractivity contribution in [3.63, 3.8) is 0 Å². The zero-order chi connectivity index (χ0) is 13.9. The van der Waals surface area contributed by atoms with Gasteiger partial charge >= 0.3 is 0 Å². The van der Waals surface area contributed by atoms with Gasteiger partial charge in [0.15, 0.2) is 11.5 Å². The van der Waals surface area contributed by atoms with E-state index in [0.29, 0.717) is 23.8 Å². The number of rotatable bonds is 4. The Hall–Kier alpha value is -2.76. The van der Waals surface area contributed by atoms with Gasteiger partial charge in [-0.25, -0.2) is 4.98 Å². The lowest BCUT2D eigenvalue weighted by molar-refractivity contribution is 0.174. The standard InChI is InChI=1S/C14H13N3O3/c15-14(16)13-11(2-1-5-17-13)18-7-9-3-4-10-12(6-9)20-8-19-10/h1-6H,7-8H2,(H3,15,16). The minimum atomic E-state index is -0.119. The number of benzene rings is 1. The van der Waals surface area contributed by atoms with Crippen molar-refractivity contribution in [1.29, 1.82) is 5.41 Å². The molecule has 0 aliphatic carbocycles. The van der Waals surface area contributed by atoms with Crippen molar-refractivity contribution in [3.8, 4) is 17.2 Å². The smallest absolute Gasteiger partial charge is 0.231 e. The first-order chi connectivity index (χ1) is 9.74. The fourth-order valence-corrected chi connectivity index (χ4v) is 1.90. The van der Waals surface area contributed by atoms with E-state index in [1.165, 1.54) is 0 Å². The largest absolute Gasteiger partial charge is 0.486 e. The number of nitrogens with two attached hydrogens (primary N) is 1. The first-order valence-corrected chi connectivity index (χ1v) is 6.05. The zero-order valence-electron chi connectivity index (χ0n) is 10.6. The van der Waals surface area contributed by atoms with E-state index in [-0.39, 0.29) is 12.6 Å². The maximum Gasteiger partial charge on any atom is 0.231 e. The molecule has 0 saturated carbocycles. The van der Waals surface area contributed by atoms with Gasteiger partial charge in [-0.2, -0.15) is 0 Å². The van der Waals surface area contributed by atoms with Crippen LogP contribution < -0.4 is 19.9 Å². The number of nitrogens with one attached hydrogen (secondary N) is 1. The van der Waals surface area contributed by atoms with E-state index in [1.54, 1.807) is 18.3 Å². The Kier molecular flexibility index (Phi) is 3.12. The lowest BCUT2D eigenvalue weighted by Gasteiger charge is -2.09. The van der Waals surface area contributed by atoms with Gasteiger partial charge in [0, 0.05) is 6.20 Å². The average Bonchev–Trinajstić information content (AvgIpc) is 2.92. The van der Waals surface area contributed by atoms with Crippen LogP contribution in [-0.2, 0) is 6.61 Å². The van der Waals surface area contributed by atoms with Crippen LogP contribution in [0.25, 0.3) is 0 Å². The molecule has 1 aromatic heterocycles. The van der Waals surface area contributed by atoms with Crippen LogP contribution >= 0.6 is 0 Å². The van der Waals surface area contributed by atoms with Gasteiger partial charge in [-0.15, -0.1) is 0 Å². The number of aromatic nitrogens is 1. The average molecular weight is 271 g/mol.